The van der Waals surface area contributed by atoms with Crippen LogP contribution in [0.1, 0.15) is 50.1 Å². The first kappa shape index (κ1) is 30.2. The number of hydrogen-bond donors (Lipinski definition) is 3. The minimum Gasteiger partial charge on any atom is -0.478 e. The number of carboxylic acids is 2. The summed E-state index contributed by atoms with van der Waals surface area (Å²) in [5.74, 6) is -2.23. The number of nitrogens with two attached hydrogens (primary N) is 1. The summed E-state index contributed by atoms with van der Waals surface area (Å²) in [7, 11) is 0. The van der Waals surface area contributed by atoms with Crippen LogP contribution in [0.25, 0.3) is 0 Å². The van der Waals surface area contributed by atoms with Gasteiger partial charge in [-0.2, -0.15) is 4.98 Å². The molecule has 1 saturated heterocycles. The molecule has 2 heterocycles. The molecule has 5 rings (SSSR count). The van der Waals surface area contributed by atoms with Gasteiger partial charge in [0.1, 0.15) is 19.2 Å². The van der Waals surface area contributed by atoms with Crippen LogP contribution in [0.5, 0.6) is 0 Å². The SMILES string of the molecule is Nc1ncn([C@H]2CC[C@@H](COC(=O)c3ccccc3)O2)c(=O)n1.O=C(O)c1ccccc1.O=C(O)c1ccccc1. The van der Waals surface area contributed by atoms with Crippen LogP contribution in [0.3, 0.4) is 0 Å². The van der Waals surface area contributed by atoms with E-state index in [2.05, 4.69) is 9.97 Å². The Kier molecular flexibility index (Phi) is 11.3. The second-order valence-electron chi connectivity index (χ2n) is 8.50. The lowest BCUT2D eigenvalue weighted by Crippen LogP contribution is -2.29. The van der Waals surface area contributed by atoms with Gasteiger partial charge in [-0.3, -0.25) is 4.57 Å². The van der Waals surface area contributed by atoms with Crippen molar-refractivity contribution >= 4 is 23.9 Å². The van der Waals surface area contributed by atoms with Crippen LogP contribution >= 0.6 is 0 Å². The number of aromatic carboxylic acids is 2. The van der Waals surface area contributed by atoms with E-state index >= 15 is 0 Å². The maximum absolute atomic E-state index is 11.9. The van der Waals surface area contributed by atoms with Gasteiger partial charge >= 0.3 is 23.6 Å². The van der Waals surface area contributed by atoms with Crippen molar-refractivity contribution in [3.8, 4) is 0 Å². The molecule has 0 radical (unpaired) electrons. The lowest BCUT2D eigenvalue weighted by Gasteiger charge is -2.15. The summed E-state index contributed by atoms with van der Waals surface area (Å²) < 4.78 is 12.2. The highest BCUT2D eigenvalue weighted by atomic mass is 16.6. The summed E-state index contributed by atoms with van der Waals surface area (Å²) in [5, 5.41) is 16.8. The number of anilines is 1. The summed E-state index contributed by atoms with van der Waals surface area (Å²) >= 11 is 0. The number of nitrogen functional groups attached to an aromatic ring is 1. The van der Waals surface area contributed by atoms with Crippen molar-refractivity contribution in [1.82, 2.24) is 14.5 Å². The molecule has 1 aromatic heterocycles. The van der Waals surface area contributed by atoms with Gasteiger partial charge in [-0.05, 0) is 49.2 Å². The second-order valence-corrected chi connectivity index (χ2v) is 8.50. The van der Waals surface area contributed by atoms with Gasteiger partial charge in [0.05, 0.1) is 22.8 Å². The molecule has 0 bridgehead atoms. The van der Waals surface area contributed by atoms with E-state index in [1.807, 2.05) is 6.07 Å². The van der Waals surface area contributed by atoms with Gasteiger partial charge in [-0.15, -0.1) is 0 Å². The molecule has 1 aliphatic heterocycles. The van der Waals surface area contributed by atoms with Crippen LogP contribution in [-0.4, -0.2) is 55.4 Å². The highest BCUT2D eigenvalue weighted by Crippen LogP contribution is 2.27. The Labute approximate surface area is 234 Å². The number of carbonyl (C=O) groups is 3. The summed E-state index contributed by atoms with van der Waals surface area (Å²) in [4.78, 5) is 51.4. The normalized spacial score (nSPS) is 15.3. The van der Waals surface area contributed by atoms with E-state index in [9.17, 15) is 19.2 Å². The van der Waals surface area contributed by atoms with Crippen LogP contribution in [0.4, 0.5) is 5.95 Å². The molecular weight excluding hydrogens is 532 g/mol. The Bertz CT molecular complexity index is 1430. The quantitative estimate of drug-likeness (QED) is 0.293. The Balaban J connectivity index is 0.000000210. The third kappa shape index (κ3) is 9.71. The first-order valence-corrected chi connectivity index (χ1v) is 12.4. The zero-order valence-corrected chi connectivity index (χ0v) is 21.8. The van der Waals surface area contributed by atoms with Crippen molar-refractivity contribution in [3.63, 3.8) is 0 Å². The number of benzene rings is 3. The average Bonchev–Trinajstić information content (AvgIpc) is 3.46. The number of nitrogens with zero attached hydrogens (tertiary/aromatic N) is 3. The maximum atomic E-state index is 11.9. The summed E-state index contributed by atoms with van der Waals surface area (Å²) in [6.07, 6.45) is 1.86. The summed E-state index contributed by atoms with van der Waals surface area (Å²) in [6, 6.07) is 25.3. The van der Waals surface area contributed by atoms with Crippen LogP contribution < -0.4 is 11.4 Å². The van der Waals surface area contributed by atoms with Crippen molar-refractivity contribution < 1.29 is 34.1 Å². The highest BCUT2D eigenvalue weighted by molar-refractivity contribution is 5.89. The van der Waals surface area contributed by atoms with E-state index in [-0.39, 0.29) is 18.7 Å². The van der Waals surface area contributed by atoms with E-state index < -0.39 is 29.8 Å². The molecule has 0 unspecified atom stereocenters. The molecule has 12 heteroatoms. The van der Waals surface area contributed by atoms with Crippen LogP contribution in [0.2, 0.25) is 0 Å². The van der Waals surface area contributed by atoms with Gasteiger partial charge in [0, 0.05) is 0 Å². The Morgan fingerprint density at radius 2 is 1.32 bits per heavy atom. The van der Waals surface area contributed by atoms with E-state index in [4.69, 9.17) is 25.4 Å². The fourth-order valence-electron chi connectivity index (χ4n) is 3.55. The molecule has 212 valence electrons. The fraction of sp³-hybridized carbons (Fsp3) is 0.172. The van der Waals surface area contributed by atoms with Gasteiger partial charge in [0.2, 0.25) is 5.95 Å². The van der Waals surface area contributed by atoms with Gasteiger partial charge in [-0.25, -0.2) is 24.2 Å². The Hall–Kier alpha value is -5.36. The molecule has 4 aromatic rings. The molecule has 1 aliphatic rings. The molecule has 0 aliphatic carbocycles. The third-order valence-electron chi connectivity index (χ3n) is 5.59. The van der Waals surface area contributed by atoms with E-state index in [1.165, 1.54) is 10.9 Å². The molecule has 2 atom stereocenters. The summed E-state index contributed by atoms with van der Waals surface area (Å²) in [5.41, 5.74) is 6.00. The lowest BCUT2D eigenvalue weighted by molar-refractivity contribution is -0.0343. The van der Waals surface area contributed by atoms with Crippen molar-refractivity contribution in [3.05, 3.63) is 124 Å². The predicted octanol–water partition coefficient (Wildman–Crippen LogP) is 3.52. The smallest absolute Gasteiger partial charge is 0.354 e. The zero-order valence-electron chi connectivity index (χ0n) is 21.8. The largest absolute Gasteiger partial charge is 0.478 e. The lowest BCUT2D eigenvalue weighted by atomic mass is 10.2. The molecule has 4 N–H and O–H groups in total. The standard InChI is InChI=1S/C15H16N4O4.2C7H6O2/c16-14-17-9-19(15(21)18-14)12-7-6-11(23-12)8-22-13(20)10-4-2-1-3-5-10;2*8-7(9)6-4-2-1-3-5-6/h1-5,9,11-12H,6-8H2,(H2,16,18,21);2*1-5H,(H,8,9)/t11-,12+;;/m0../s1. The van der Waals surface area contributed by atoms with E-state index in [1.54, 1.807) is 84.9 Å². The molecule has 0 amide bonds. The van der Waals surface area contributed by atoms with Gasteiger partial charge in [0.15, 0.2) is 0 Å². The van der Waals surface area contributed by atoms with Gasteiger partial charge < -0.3 is 25.4 Å². The number of carboxylic acid groups (broad SMARTS) is 2. The number of hydrogen-bond acceptors (Lipinski definition) is 9. The number of ether oxygens (including phenoxy) is 2. The van der Waals surface area contributed by atoms with Crippen molar-refractivity contribution in [2.24, 2.45) is 0 Å². The van der Waals surface area contributed by atoms with E-state index in [0.717, 1.165) is 0 Å². The predicted molar refractivity (Wildman–Crippen MR) is 147 cm³/mol. The van der Waals surface area contributed by atoms with Crippen molar-refractivity contribution in [2.45, 2.75) is 25.2 Å². The Morgan fingerprint density at radius 1 is 0.829 bits per heavy atom. The average molecular weight is 561 g/mol. The van der Waals surface area contributed by atoms with Crippen molar-refractivity contribution in [1.29, 1.82) is 0 Å². The van der Waals surface area contributed by atoms with Gasteiger partial charge in [0.25, 0.3) is 0 Å². The highest BCUT2D eigenvalue weighted by Gasteiger charge is 2.28. The second kappa shape index (κ2) is 15.3. The monoisotopic (exact) mass is 560 g/mol. The number of esters is 1. The minimum absolute atomic E-state index is 0.0717. The first-order valence-electron chi connectivity index (χ1n) is 12.4. The topological polar surface area (TPSA) is 184 Å². The van der Waals surface area contributed by atoms with Crippen molar-refractivity contribution in [2.75, 3.05) is 12.3 Å². The molecular formula is C29H28N4O8. The zero-order chi connectivity index (χ0) is 29.6. The first-order chi connectivity index (χ1) is 19.7. The number of rotatable bonds is 6. The summed E-state index contributed by atoms with van der Waals surface area (Å²) in [6.45, 7) is 0.134. The van der Waals surface area contributed by atoms with E-state index in [0.29, 0.717) is 29.5 Å². The Morgan fingerprint density at radius 3 is 1.76 bits per heavy atom. The maximum Gasteiger partial charge on any atom is 0.354 e. The molecule has 12 nitrogen and oxygen atoms in total. The van der Waals surface area contributed by atoms with Crippen LogP contribution in [-0.2, 0) is 9.47 Å². The fourth-order valence-corrected chi connectivity index (χ4v) is 3.55. The number of aromatic nitrogens is 3. The van der Waals surface area contributed by atoms with Gasteiger partial charge in [-0.1, -0.05) is 54.6 Å². The third-order valence-corrected chi connectivity index (χ3v) is 5.59. The molecule has 0 spiro atoms. The molecule has 3 aromatic carbocycles. The number of carbonyl (C=O) groups excluding carboxylic acids is 1. The molecule has 1 fully saturated rings. The van der Waals surface area contributed by atoms with Crippen LogP contribution in [0.15, 0.2) is 102 Å². The molecule has 0 saturated carbocycles. The minimum atomic E-state index is -0.879. The van der Waals surface area contributed by atoms with Crippen LogP contribution in [0, 0.1) is 0 Å². The molecule has 41 heavy (non-hydrogen) atoms.